The van der Waals surface area contributed by atoms with E-state index in [1.54, 1.807) is 23.1 Å². The Hall–Kier alpha value is -2.96. The smallest absolute Gasteiger partial charge is 0.297 e. The van der Waals surface area contributed by atoms with E-state index < -0.39 is 6.04 Å². The summed E-state index contributed by atoms with van der Waals surface area (Å²) in [4.78, 5) is 33.1. The molecule has 4 aromatic rings. The van der Waals surface area contributed by atoms with Gasteiger partial charge in [0.25, 0.3) is 5.91 Å². The third kappa shape index (κ3) is 3.18. The third-order valence-electron chi connectivity index (χ3n) is 5.56. The van der Waals surface area contributed by atoms with Crippen molar-refractivity contribution < 1.29 is 9.21 Å². The van der Waals surface area contributed by atoms with Gasteiger partial charge in [0.15, 0.2) is 10.6 Å². The van der Waals surface area contributed by atoms with Crippen molar-refractivity contribution in [3.8, 4) is 0 Å². The SMILES string of the molecule is Cc1csc(N2C(=O)c3oc4ccc(Cl)cc4c(=O)c3[C@H]2c2ccc(C(C)C)cc2)n1. The molecule has 5 rings (SSSR count). The molecule has 0 radical (unpaired) electrons. The van der Waals surface area contributed by atoms with Gasteiger partial charge in [-0.25, -0.2) is 4.98 Å². The molecule has 2 aromatic carbocycles. The second kappa shape index (κ2) is 7.32. The summed E-state index contributed by atoms with van der Waals surface area (Å²) in [7, 11) is 0. The van der Waals surface area contributed by atoms with Crippen LogP contribution in [0.2, 0.25) is 5.02 Å². The van der Waals surface area contributed by atoms with E-state index in [0.29, 0.717) is 32.6 Å². The van der Waals surface area contributed by atoms with Gasteiger partial charge in [-0.15, -0.1) is 11.3 Å². The average Bonchev–Trinajstić information content (AvgIpc) is 3.30. The molecule has 0 saturated carbocycles. The summed E-state index contributed by atoms with van der Waals surface area (Å²) in [5.74, 6) is 0.0715. The van der Waals surface area contributed by atoms with Crippen molar-refractivity contribution in [2.24, 2.45) is 0 Å². The number of amides is 1. The van der Waals surface area contributed by atoms with Crippen LogP contribution in [0.1, 0.15) is 58.7 Å². The number of aryl methyl sites for hydroxylation is 1. The maximum atomic E-state index is 13.5. The minimum Gasteiger partial charge on any atom is -0.450 e. The lowest BCUT2D eigenvalue weighted by atomic mass is 9.95. The molecule has 0 spiro atoms. The van der Waals surface area contributed by atoms with E-state index in [1.165, 1.54) is 16.9 Å². The van der Waals surface area contributed by atoms with Gasteiger partial charge in [0.1, 0.15) is 5.58 Å². The van der Waals surface area contributed by atoms with Crippen molar-refractivity contribution in [3.05, 3.63) is 91.2 Å². The number of hydrogen-bond donors (Lipinski definition) is 0. The van der Waals surface area contributed by atoms with Gasteiger partial charge in [0, 0.05) is 10.4 Å². The lowest BCUT2D eigenvalue weighted by Crippen LogP contribution is -2.29. The molecular formula is C24H19ClN2O3S. The molecule has 31 heavy (non-hydrogen) atoms. The van der Waals surface area contributed by atoms with Gasteiger partial charge in [0.2, 0.25) is 5.76 Å². The van der Waals surface area contributed by atoms with Gasteiger partial charge in [-0.1, -0.05) is 49.7 Å². The van der Waals surface area contributed by atoms with Crippen LogP contribution in [0.5, 0.6) is 0 Å². The number of benzene rings is 2. The number of thiazole rings is 1. The zero-order chi connectivity index (χ0) is 21.9. The quantitative estimate of drug-likeness (QED) is 0.379. The highest BCUT2D eigenvalue weighted by Gasteiger charge is 2.44. The Bertz CT molecular complexity index is 1390. The molecule has 0 bridgehead atoms. The highest BCUT2D eigenvalue weighted by molar-refractivity contribution is 7.14. The van der Waals surface area contributed by atoms with Crippen LogP contribution < -0.4 is 10.3 Å². The molecule has 1 amide bonds. The zero-order valence-electron chi connectivity index (χ0n) is 17.2. The minimum absolute atomic E-state index is 0.0608. The Kier molecular flexibility index (Phi) is 4.72. The maximum Gasteiger partial charge on any atom is 0.297 e. The molecule has 1 aliphatic heterocycles. The number of aromatic nitrogens is 1. The summed E-state index contributed by atoms with van der Waals surface area (Å²) >= 11 is 7.50. The number of carbonyl (C=O) groups excluding carboxylic acids is 1. The largest absolute Gasteiger partial charge is 0.450 e. The topological polar surface area (TPSA) is 63.4 Å². The van der Waals surface area contributed by atoms with Crippen LogP contribution in [0.25, 0.3) is 11.0 Å². The molecule has 1 atom stereocenters. The molecule has 156 valence electrons. The Balaban J connectivity index is 1.78. The van der Waals surface area contributed by atoms with Crippen molar-refractivity contribution in [2.45, 2.75) is 32.7 Å². The maximum absolute atomic E-state index is 13.5. The van der Waals surface area contributed by atoms with Crippen LogP contribution in [0.4, 0.5) is 5.13 Å². The minimum atomic E-state index is -0.617. The molecule has 2 aromatic heterocycles. The predicted molar refractivity (Wildman–Crippen MR) is 124 cm³/mol. The van der Waals surface area contributed by atoms with Crippen LogP contribution in [0, 0.1) is 6.92 Å². The number of nitrogens with zero attached hydrogens (tertiary/aromatic N) is 2. The Morgan fingerprint density at radius 3 is 2.52 bits per heavy atom. The van der Waals surface area contributed by atoms with Crippen LogP contribution in [0.15, 0.2) is 57.1 Å². The number of hydrogen-bond acceptors (Lipinski definition) is 5. The number of carbonyl (C=O) groups is 1. The predicted octanol–water partition coefficient (Wildman–Crippen LogP) is 6.08. The van der Waals surface area contributed by atoms with Gasteiger partial charge >= 0.3 is 0 Å². The van der Waals surface area contributed by atoms with Gasteiger partial charge in [-0.05, 0) is 42.2 Å². The van der Waals surface area contributed by atoms with Crippen LogP contribution >= 0.6 is 22.9 Å². The molecule has 0 aliphatic carbocycles. The lowest BCUT2D eigenvalue weighted by Gasteiger charge is -2.23. The van der Waals surface area contributed by atoms with E-state index in [2.05, 4.69) is 18.8 Å². The Morgan fingerprint density at radius 2 is 1.87 bits per heavy atom. The normalized spacial score (nSPS) is 15.8. The first-order valence-corrected chi connectivity index (χ1v) is 11.2. The van der Waals surface area contributed by atoms with Crippen molar-refractivity contribution in [1.29, 1.82) is 0 Å². The number of halogens is 1. The van der Waals surface area contributed by atoms with E-state index >= 15 is 0 Å². The molecule has 0 saturated heterocycles. The second-order valence-electron chi connectivity index (χ2n) is 7.98. The lowest BCUT2D eigenvalue weighted by molar-refractivity contribution is 0.0971. The molecule has 0 N–H and O–H groups in total. The Labute approximate surface area is 187 Å². The van der Waals surface area contributed by atoms with Gasteiger partial charge in [-0.2, -0.15) is 0 Å². The van der Waals surface area contributed by atoms with E-state index in [0.717, 1.165) is 11.3 Å². The van der Waals surface area contributed by atoms with Gasteiger partial charge < -0.3 is 4.42 Å². The van der Waals surface area contributed by atoms with E-state index in [4.69, 9.17) is 16.0 Å². The van der Waals surface area contributed by atoms with E-state index in [9.17, 15) is 9.59 Å². The standard InChI is InChI=1S/C24H19ClN2O3S/c1-12(2)14-4-6-15(7-5-14)20-19-21(28)17-10-16(25)8-9-18(17)30-22(19)23(29)27(20)24-26-13(3)11-31-24/h4-12,20H,1-3H3/t20-/m1/s1. The first-order valence-electron chi connectivity index (χ1n) is 9.97. The summed E-state index contributed by atoms with van der Waals surface area (Å²) < 4.78 is 5.95. The number of rotatable bonds is 3. The van der Waals surface area contributed by atoms with Crippen LogP contribution in [-0.4, -0.2) is 10.9 Å². The van der Waals surface area contributed by atoms with Crippen LogP contribution in [0.3, 0.4) is 0 Å². The highest BCUT2D eigenvalue weighted by atomic mass is 35.5. The summed E-state index contributed by atoms with van der Waals surface area (Å²) in [6.45, 7) is 6.12. The second-order valence-corrected chi connectivity index (χ2v) is 9.26. The summed E-state index contributed by atoms with van der Waals surface area (Å²) in [6, 6.07) is 12.2. The molecule has 0 unspecified atom stereocenters. The highest BCUT2D eigenvalue weighted by Crippen LogP contribution is 2.42. The molecule has 1 aliphatic rings. The molecule has 0 fully saturated rings. The van der Waals surface area contributed by atoms with Crippen molar-refractivity contribution in [1.82, 2.24) is 4.98 Å². The first kappa shape index (κ1) is 20.0. The summed E-state index contributed by atoms with van der Waals surface area (Å²) in [5, 5.41) is 3.22. The summed E-state index contributed by atoms with van der Waals surface area (Å²) in [5.41, 5.74) is 3.24. The fourth-order valence-corrected chi connectivity index (χ4v) is 4.97. The third-order valence-corrected chi connectivity index (χ3v) is 6.76. The van der Waals surface area contributed by atoms with E-state index in [1.807, 2.05) is 36.6 Å². The average molecular weight is 451 g/mol. The van der Waals surface area contributed by atoms with Crippen molar-refractivity contribution >= 4 is 44.9 Å². The van der Waals surface area contributed by atoms with Gasteiger partial charge in [0.05, 0.1) is 22.7 Å². The number of fused-ring (bicyclic) bond motifs is 2. The van der Waals surface area contributed by atoms with Crippen molar-refractivity contribution in [2.75, 3.05) is 4.90 Å². The monoisotopic (exact) mass is 450 g/mol. The van der Waals surface area contributed by atoms with Crippen molar-refractivity contribution in [3.63, 3.8) is 0 Å². The fourth-order valence-electron chi connectivity index (χ4n) is 3.97. The van der Waals surface area contributed by atoms with E-state index in [-0.39, 0.29) is 17.1 Å². The van der Waals surface area contributed by atoms with Gasteiger partial charge in [-0.3, -0.25) is 14.5 Å². The molecule has 3 heterocycles. The van der Waals surface area contributed by atoms with Crippen LogP contribution in [-0.2, 0) is 0 Å². The first-order chi connectivity index (χ1) is 14.8. The molecule has 5 nitrogen and oxygen atoms in total. The fraction of sp³-hybridized carbons (Fsp3) is 0.208. The Morgan fingerprint density at radius 1 is 1.13 bits per heavy atom. The molecule has 7 heteroatoms. The molecular weight excluding hydrogens is 432 g/mol. The zero-order valence-corrected chi connectivity index (χ0v) is 18.8. The summed E-state index contributed by atoms with van der Waals surface area (Å²) in [6.07, 6.45) is 0. The number of anilines is 1.